The summed E-state index contributed by atoms with van der Waals surface area (Å²) in [5, 5.41) is 32.4. The molecule has 0 aromatic carbocycles. The average molecular weight is 1310 g/mol. The lowest BCUT2D eigenvalue weighted by Gasteiger charge is -2.62. The van der Waals surface area contributed by atoms with Gasteiger partial charge < -0.3 is 38.8 Å². The topological polar surface area (TPSA) is 223 Å². The number of alkyl halides is 2. The molecule has 6 saturated carbocycles. The Kier molecular flexibility index (Phi) is 21.0. The van der Waals surface area contributed by atoms with Crippen LogP contribution in [0.5, 0.6) is 0 Å². The number of hydrogen-bond acceptors (Lipinski definition) is 18. The highest BCUT2D eigenvalue weighted by Gasteiger charge is 2.79. The number of hydrogen-bond donors (Lipinski definition) is 2. The molecule has 92 heavy (non-hydrogen) atoms. The van der Waals surface area contributed by atoms with Crippen LogP contribution in [0.2, 0.25) is 0 Å². The van der Waals surface area contributed by atoms with Crippen LogP contribution in [-0.4, -0.2) is 118 Å². The van der Waals surface area contributed by atoms with Crippen LogP contribution in [0.25, 0.3) is 6.08 Å². The summed E-state index contributed by atoms with van der Waals surface area (Å²) in [6.07, 6.45) is 16.7. The SMILES string of the molecule is C/C=C/c1ccc(CCO/N=C2/C=C[C@@]3(C)C(=C2)CC[C@H]2[C@@H]4C[C@H](C)[C@](OC(=O)CC)(C(=O)COC(=O)CC)[C@@]4(C)C[C@H](O)[C@@]23F)s1.CCC(=O)OCC(=O)[C@@]1(OC(=O)CC)[C@@H](C)C[C@H]2[C@@H]3CCC4=C/C(=N\OCCc5ccc(C)s5)C=C[C@]4(C)[C@@]3(F)[C@@H](O)C[C@@]21C. The number of rotatable bonds is 21. The summed E-state index contributed by atoms with van der Waals surface area (Å²) in [6, 6.07) is 8.34. The Morgan fingerprint density at radius 2 is 1.02 bits per heavy atom. The fourth-order valence-electron chi connectivity index (χ4n) is 18.1. The Hall–Kier alpha value is -5.96. The maximum absolute atomic E-state index is 17.9. The summed E-state index contributed by atoms with van der Waals surface area (Å²) in [4.78, 5) is 93.8. The molecule has 16 atom stereocenters. The summed E-state index contributed by atoms with van der Waals surface area (Å²) >= 11 is 3.45. The molecular weight excluding hydrogens is 1220 g/mol. The predicted molar refractivity (Wildman–Crippen MR) is 349 cm³/mol. The minimum absolute atomic E-state index is 0.0480. The first-order chi connectivity index (χ1) is 43.6. The van der Waals surface area contributed by atoms with Gasteiger partial charge in [0.25, 0.3) is 0 Å². The molecule has 20 heteroatoms. The standard InChI is InChI=1S/C37H48FNO7S.C35H46FNO7S/c1-7-10-26-12-13-27(47-26)16-18-45-39-25-15-17-34(5)24(20-25)11-14-28-29-19-23(4)37(46-33(43)9-3,31(41)22-44-32(42)8-2)35(29,6)21-30(40)36(28,34)38;1-7-30(40)42-20-29(39)35(44-31(41)8-2)21(3)17-27-26-12-10-23-18-24(37-43-16-14-25-11-9-22(4)45-25)13-15-32(23,5)34(26,36)28(38)19-33(27,35)6/h7,10,12-13,15,17,20,23,28-30,40H,8-9,11,14,16,18-19,21-22H2,1-6H3;9,11,13,15,18,21,26-28,38H,7-8,10,12,14,16-17,19-20H2,1-6H3/b10-7+,39-25-;37-24-/t23-,28-,29-,30-,34-,35-,36-,37-;21-,26-,27-,28-,32-,33-,34-,35-/m00/s1. The van der Waals surface area contributed by atoms with Crippen LogP contribution >= 0.6 is 22.7 Å². The van der Waals surface area contributed by atoms with Gasteiger partial charge in [0.05, 0.1) is 12.2 Å². The van der Waals surface area contributed by atoms with Gasteiger partial charge in [0.2, 0.25) is 11.6 Å². The van der Waals surface area contributed by atoms with Crippen molar-refractivity contribution in [3.63, 3.8) is 0 Å². The second kappa shape index (κ2) is 27.4. The smallest absolute Gasteiger partial charge is 0.306 e. The van der Waals surface area contributed by atoms with Crippen molar-refractivity contribution in [1.29, 1.82) is 0 Å². The largest absolute Gasteiger partial charge is 0.457 e. The van der Waals surface area contributed by atoms with Crippen LogP contribution in [0.4, 0.5) is 8.78 Å². The predicted octanol–water partition coefficient (Wildman–Crippen LogP) is 13.2. The molecule has 0 amide bonds. The summed E-state index contributed by atoms with van der Waals surface area (Å²) in [6.45, 7) is 21.4. The van der Waals surface area contributed by atoms with E-state index >= 15 is 8.78 Å². The van der Waals surface area contributed by atoms with Crippen molar-refractivity contribution in [2.24, 2.45) is 67.5 Å². The molecule has 0 bridgehead atoms. The highest BCUT2D eigenvalue weighted by molar-refractivity contribution is 7.13. The van der Waals surface area contributed by atoms with E-state index in [1.807, 2.05) is 78.8 Å². The highest BCUT2D eigenvalue weighted by Crippen LogP contribution is 2.73. The number of carbonyl (C=O) groups is 6. The molecule has 0 spiro atoms. The average Bonchev–Trinajstić information content (AvgIpc) is 1.42. The van der Waals surface area contributed by atoms with Gasteiger partial charge in [0.15, 0.2) is 35.8 Å². The second-order valence-electron chi connectivity index (χ2n) is 27.5. The maximum atomic E-state index is 17.9. The summed E-state index contributed by atoms with van der Waals surface area (Å²) in [7, 11) is 0. The molecule has 6 fully saturated rings. The lowest BCUT2D eigenvalue weighted by Crippen LogP contribution is -2.70. The fourth-order valence-corrected chi connectivity index (χ4v) is 19.9. The van der Waals surface area contributed by atoms with E-state index in [0.29, 0.717) is 63.2 Å². The summed E-state index contributed by atoms with van der Waals surface area (Å²) in [5.74, 6) is -6.08. The van der Waals surface area contributed by atoms with Gasteiger partial charge in [-0.25, -0.2) is 8.78 Å². The van der Waals surface area contributed by atoms with E-state index in [9.17, 15) is 39.0 Å². The number of fused-ring (bicyclic) bond motifs is 10. The lowest BCUT2D eigenvalue weighted by atomic mass is 9.44. The van der Waals surface area contributed by atoms with Gasteiger partial charge in [-0.1, -0.05) is 95.1 Å². The zero-order valence-corrected chi connectivity index (χ0v) is 57.2. The number of esters is 4. The zero-order chi connectivity index (χ0) is 67.0. The van der Waals surface area contributed by atoms with E-state index in [4.69, 9.17) is 28.6 Å². The molecule has 502 valence electrons. The van der Waals surface area contributed by atoms with Crippen LogP contribution in [0.3, 0.4) is 0 Å². The first kappa shape index (κ1) is 70.4. The van der Waals surface area contributed by atoms with Crippen molar-refractivity contribution in [2.45, 2.75) is 208 Å². The fraction of sp³-hybridized carbons (Fsp3) is 0.639. The summed E-state index contributed by atoms with van der Waals surface area (Å²) in [5.41, 5.74) is -8.81. The van der Waals surface area contributed by atoms with Gasteiger partial charge in [-0.05, 0) is 146 Å². The minimum atomic E-state index is -2.03. The van der Waals surface area contributed by atoms with Crippen LogP contribution in [-0.2, 0) is 70.2 Å². The summed E-state index contributed by atoms with van der Waals surface area (Å²) < 4.78 is 58.5. The monoisotopic (exact) mass is 1310 g/mol. The van der Waals surface area contributed by atoms with Crippen molar-refractivity contribution >= 4 is 75.6 Å². The van der Waals surface area contributed by atoms with E-state index in [2.05, 4.69) is 47.6 Å². The third-order valence-electron chi connectivity index (χ3n) is 22.7. The van der Waals surface area contributed by atoms with E-state index in [1.165, 1.54) is 19.5 Å². The van der Waals surface area contributed by atoms with Gasteiger partial charge in [0.1, 0.15) is 24.6 Å². The zero-order valence-electron chi connectivity index (χ0n) is 55.5. The number of aryl methyl sites for hydroxylation is 1. The van der Waals surface area contributed by atoms with Gasteiger partial charge in [-0.15, -0.1) is 22.7 Å². The van der Waals surface area contributed by atoms with Gasteiger partial charge in [0, 0.05) is 103 Å². The number of oxime groups is 2. The second-order valence-corrected chi connectivity index (χ2v) is 30.1. The molecule has 10 rings (SSSR count). The normalized spacial score (nSPS) is 37.2. The van der Waals surface area contributed by atoms with Crippen molar-refractivity contribution in [2.75, 3.05) is 26.4 Å². The molecule has 8 aliphatic carbocycles. The van der Waals surface area contributed by atoms with E-state index in [1.54, 1.807) is 62.5 Å². The highest BCUT2D eigenvalue weighted by atomic mass is 32.1. The molecule has 8 aliphatic rings. The number of carbonyl (C=O) groups excluding carboxylic acids is 6. The van der Waals surface area contributed by atoms with Crippen LogP contribution in [0, 0.1) is 64.1 Å². The number of aliphatic hydroxyl groups is 2. The number of halogens is 2. The van der Waals surface area contributed by atoms with Crippen molar-refractivity contribution in [3.05, 3.63) is 97.5 Å². The maximum Gasteiger partial charge on any atom is 0.306 e. The Morgan fingerprint density at radius 1 is 0.609 bits per heavy atom. The van der Waals surface area contributed by atoms with Gasteiger partial charge >= 0.3 is 23.9 Å². The lowest BCUT2D eigenvalue weighted by molar-refractivity contribution is -0.228. The van der Waals surface area contributed by atoms with E-state index in [-0.39, 0.29) is 50.4 Å². The number of nitrogens with zero attached hydrogens (tertiary/aromatic N) is 2. The van der Waals surface area contributed by atoms with Crippen molar-refractivity contribution in [3.8, 4) is 0 Å². The van der Waals surface area contributed by atoms with Crippen molar-refractivity contribution in [1.82, 2.24) is 0 Å². The molecule has 0 aliphatic heterocycles. The number of allylic oxidation sites excluding steroid dienone is 9. The number of ether oxygens (including phenoxy) is 4. The van der Waals surface area contributed by atoms with E-state index < -0.39 is 129 Å². The third-order valence-corrected chi connectivity index (χ3v) is 24.8. The molecule has 0 saturated heterocycles. The molecular formula is C72H94F2N2O14S2. The van der Waals surface area contributed by atoms with Crippen LogP contribution in [0.1, 0.15) is 173 Å². The molecule has 2 aromatic heterocycles. The Labute approximate surface area is 548 Å². The molecule has 2 aromatic rings. The van der Waals surface area contributed by atoms with E-state index in [0.717, 1.165) is 24.0 Å². The number of thiophene rings is 2. The van der Waals surface area contributed by atoms with Crippen LogP contribution < -0.4 is 0 Å². The third kappa shape index (κ3) is 11.9. The minimum Gasteiger partial charge on any atom is -0.457 e. The number of Topliss-reactive ketones (excluding diaryl/α,β-unsaturated/α-hetero) is 2. The molecule has 0 radical (unpaired) electrons. The van der Waals surface area contributed by atoms with Crippen molar-refractivity contribution < 1.29 is 76.4 Å². The quantitative estimate of drug-likeness (QED) is 0.0514. The Morgan fingerprint density at radius 3 is 1.41 bits per heavy atom. The molecule has 16 nitrogen and oxygen atoms in total. The van der Waals surface area contributed by atoms with Gasteiger partial charge in [-0.2, -0.15) is 0 Å². The number of aliphatic hydroxyl groups excluding tert-OH is 2. The first-order valence-electron chi connectivity index (χ1n) is 33.1. The molecule has 0 unspecified atom stereocenters. The number of ketones is 2. The van der Waals surface area contributed by atoms with Gasteiger partial charge in [-0.3, -0.25) is 28.8 Å². The Bertz CT molecular complexity index is 3380. The first-order valence-corrected chi connectivity index (χ1v) is 34.7. The van der Waals surface area contributed by atoms with Crippen LogP contribution in [0.15, 0.2) is 88.3 Å². The molecule has 2 N–H and O–H groups in total. The molecule has 2 heterocycles. The Balaban J connectivity index is 0.000000218.